The Morgan fingerprint density at radius 1 is 1.31 bits per heavy atom. The molecule has 1 amide bonds. The number of cyclic esters (lactones) is 1. The van der Waals surface area contributed by atoms with E-state index in [0.29, 0.717) is 6.61 Å². The second-order valence-electron chi connectivity index (χ2n) is 3.03. The lowest BCUT2D eigenvalue weighted by Gasteiger charge is -2.23. The number of nitrogens with one attached hydrogen (secondary N) is 1. The van der Waals surface area contributed by atoms with Crippen molar-refractivity contribution in [1.82, 2.24) is 5.32 Å². The average molecular weight is 177 g/mol. The smallest absolute Gasteiger partial charge is 0.407 e. The summed E-state index contributed by atoms with van der Waals surface area (Å²) in [6, 6.07) is 10.0. The highest BCUT2D eigenvalue weighted by atomic mass is 16.5. The monoisotopic (exact) mass is 177 g/mol. The molecule has 1 aromatic carbocycles. The van der Waals surface area contributed by atoms with Gasteiger partial charge in [0.25, 0.3) is 0 Å². The number of ether oxygens (including phenoxy) is 1. The molecule has 0 saturated carbocycles. The number of hydrogen-bond acceptors (Lipinski definition) is 2. The van der Waals surface area contributed by atoms with Crippen LogP contribution in [0.15, 0.2) is 30.3 Å². The van der Waals surface area contributed by atoms with Gasteiger partial charge in [-0.25, -0.2) is 4.79 Å². The van der Waals surface area contributed by atoms with Crippen LogP contribution in [0.3, 0.4) is 0 Å². The molecule has 3 heteroatoms. The third-order valence-corrected chi connectivity index (χ3v) is 2.13. The molecule has 1 aliphatic rings. The van der Waals surface area contributed by atoms with Crippen LogP contribution in [-0.4, -0.2) is 12.7 Å². The predicted octanol–water partition coefficient (Wildman–Crippen LogP) is 1.86. The third-order valence-electron chi connectivity index (χ3n) is 2.13. The van der Waals surface area contributed by atoms with E-state index in [9.17, 15) is 4.79 Å². The van der Waals surface area contributed by atoms with Gasteiger partial charge in [-0.1, -0.05) is 30.3 Å². The molecule has 1 atom stereocenters. The van der Waals surface area contributed by atoms with Crippen molar-refractivity contribution >= 4 is 6.09 Å². The highest BCUT2D eigenvalue weighted by Crippen LogP contribution is 2.19. The van der Waals surface area contributed by atoms with Gasteiger partial charge in [-0.05, 0) is 5.56 Å². The van der Waals surface area contributed by atoms with Gasteiger partial charge in [0, 0.05) is 6.42 Å². The fourth-order valence-corrected chi connectivity index (χ4v) is 1.46. The van der Waals surface area contributed by atoms with Crippen molar-refractivity contribution in [2.75, 3.05) is 6.61 Å². The summed E-state index contributed by atoms with van der Waals surface area (Å²) >= 11 is 0. The first-order valence-corrected chi connectivity index (χ1v) is 4.34. The topological polar surface area (TPSA) is 38.3 Å². The molecule has 0 spiro atoms. The molecule has 13 heavy (non-hydrogen) atoms. The van der Waals surface area contributed by atoms with Crippen molar-refractivity contribution < 1.29 is 9.53 Å². The minimum Gasteiger partial charge on any atom is -0.449 e. The van der Waals surface area contributed by atoms with Crippen molar-refractivity contribution in [2.24, 2.45) is 0 Å². The number of alkyl carbamates (subject to hydrolysis) is 1. The van der Waals surface area contributed by atoms with Gasteiger partial charge in [0.2, 0.25) is 0 Å². The molecule has 0 aromatic heterocycles. The van der Waals surface area contributed by atoms with E-state index in [4.69, 9.17) is 4.74 Å². The van der Waals surface area contributed by atoms with Crippen molar-refractivity contribution in [3.05, 3.63) is 35.9 Å². The molecule has 0 radical (unpaired) electrons. The van der Waals surface area contributed by atoms with Crippen LogP contribution < -0.4 is 5.32 Å². The Morgan fingerprint density at radius 3 is 2.77 bits per heavy atom. The van der Waals surface area contributed by atoms with Gasteiger partial charge < -0.3 is 10.1 Å². The number of hydrogen-bond donors (Lipinski definition) is 1. The summed E-state index contributed by atoms with van der Waals surface area (Å²) in [4.78, 5) is 10.9. The van der Waals surface area contributed by atoms with E-state index in [2.05, 4.69) is 5.32 Å². The molecule has 1 aromatic rings. The van der Waals surface area contributed by atoms with Gasteiger partial charge in [-0.3, -0.25) is 0 Å². The number of rotatable bonds is 1. The van der Waals surface area contributed by atoms with E-state index in [1.165, 1.54) is 0 Å². The first-order chi connectivity index (χ1) is 6.36. The van der Waals surface area contributed by atoms with Crippen LogP contribution in [-0.2, 0) is 4.74 Å². The van der Waals surface area contributed by atoms with Gasteiger partial charge in [0.15, 0.2) is 0 Å². The standard InChI is InChI=1S/C10H11NO2/c12-10-11-9(6-7-13-10)8-4-2-1-3-5-8/h1-5,9H,6-7H2,(H,11,12). The maximum absolute atomic E-state index is 10.9. The Kier molecular flexibility index (Phi) is 2.17. The van der Waals surface area contributed by atoms with E-state index in [1.807, 2.05) is 30.3 Å². The minimum absolute atomic E-state index is 0.113. The third kappa shape index (κ3) is 1.80. The highest BCUT2D eigenvalue weighted by Gasteiger charge is 2.19. The van der Waals surface area contributed by atoms with Crippen LogP contribution >= 0.6 is 0 Å². The number of carbonyl (C=O) groups is 1. The minimum atomic E-state index is -0.319. The molecule has 1 unspecified atom stereocenters. The molecule has 2 rings (SSSR count). The van der Waals surface area contributed by atoms with Gasteiger partial charge >= 0.3 is 6.09 Å². The number of carbonyl (C=O) groups excluding carboxylic acids is 1. The van der Waals surface area contributed by atoms with E-state index >= 15 is 0 Å². The Morgan fingerprint density at radius 2 is 2.08 bits per heavy atom. The van der Waals surface area contributed by atoms with Crippen molar-refractivity contribution in [3.63, 3.8) is 0 Å². The van der Waals surface area contributed by atoms with Gasteiger partial charge in [0.05, 0.1) is 12.6 Å². The number of amides is 1. The second-order valence-corrected chi connectivity index (χ2v) is 3.03. The lowest BCUT2D eigenvalue weighted by atomic mass is 10.0. The van der Waals surface area contributed by atoms with Crippen LogP contribution in [0.4, 0.5) is 4.79 Å². The fraction of sp³-hybridized carbons (Fsp3) is 0.300. The molecule has 0 aliphatic carbocycles. The summed E-state index contributed by atoms with van der Waals surface area (Å²) < 4.78 is 4.78. The van der Waals surface area contributed by atoms with E-state index < -0.39 is 0 Å². The maximum Gasteiger partial charge on any atom is 0.407 e. The van der Waals surface area contributed by atoms with E-state index in [1.54, 1.807) is 0 Å². The van der Waals surface area contributed by atoms with Crippen LogP contribution in [0.25, 0.3) is 0 Å². The molecule has 68 valence electrons. The first-order valence-electron chi connectivity index (χ1n) is 4.34. The van der Waals surface area contributed by atoms with Crippen LogP contribution in [0.5, 0.6) is 0 Å². The zero-order valence-corrected chi connectivity index (χ0v) is 7.19. The lowest BCUT2D eigenvalue weighted by Crippen LogP contribution is -2.35. The summed E-state index contributed by atoms with van der Waals surface area (Å²) in [6.45, 7) is 0.505. The molecule has 1 aliphatic heterocycles. The molecular weight excluding hydrogens is 166 g/mol. The normalized spacial score (nSPS) is 21.8. The SMILES string of the molecule is O=C1NC(c2ccccc2)CCO1. The summed E-state index contributed by atoms with van der Waals surface area (Å²) in [7, 11) is 0. The van der Waals surface area contributed by atoms with Crippen LogP contribution in [0.2, 0.25) is 0 Å². The maximum atomic E-state index is 10.9. The fourth-order valence-electron chi connectivity index (χ4n) is 1.46. The molecule has 1 saturated heterocycles. The van der Waals surface area contributed by atoms with E-state index in [-0.39, 0.29) is 12.1 Å². The molecule has 0 bridgehead atoms. The Balaban J connectivity index is 2.13. The van der Waals surface area contributed by atoms with Gasteiger partial charge in [0.1, 0.15) is 0 Å². The lowest BCUT2D eigenvalue weighted by molar-refractivity contribution is 0.115. The molecule has 1 heterocycles. The molecule has 3 nitrogen and oxygen atoms in total. The first kappa shape index (κ1) is 8.10. The predicted molar refractivity (Wildman–Crippen MR) is 48.3 cm³/mol. The molecular formula is C10H11NO2. The van der Waals surface area contributed by atoms with Gasteiger partial charge in [-0.2, -0.15) is 0 Å². The zero-order valence-electron chi connectivity index (χ0n) is 7.19. The average Bonchev–Trinajstić information content (AvgIpc) is 2.19. The van der Waals surface area contributed by atoms with Crippen molar-refractivity contribution in [2.45, 2.75) is 12.5 Å². The molecule has 1 fully saturated rings. The summed E-state index contributed by atoms with van der Waals surface area (Å²) in [5.41, 5.74) is 1.14. The highest BCUT2D eigenvalue weighted by molar-refractivity contribution is 5.68. The quantitative estimate of drug-likeness (QED) is 0.711. The largest absolute Gasteiger partial charge is 0.449 e. The second kappa shape index (κ2) is 3.47. The number of benzene rings is 1. The van der Waals surface area contributed by atoms with Gasteiger partial charge in [-0.15, -0.1) is 0 Å². The zero-order chi connectivity index (χ0) is 9.10. The Bertz CT molecular complexity index is 297. The Labute approximate surface area is 76.7 Å². The summed E-state index contributed by atoms with van der Waals surface area (Å²) in [5, 5.41) is 2.77. The van der Waals surface area contributed by atoms with Crippen LogP contribution in [0.1, 0.15) is 18.0 Å². The van der Waals surface area contributed by atoms with Crippen molar-refractivity contribution in [1.29, 1.82) is 0 Å². The summed E-state index contributed by atoms with van der Waals surface area (Å²) in [6.07, 6.45) is 0.524. The van der Waals surface area contributed by atoms with Crippen LogP contribution in [0, 0.1) is 0 Å². The summed E-state index contributed by atoms with van der Waals surface area (Å²) in [5.74, 6) is 0. The van der Waals surface area contributed by atoms with E-state index in [0.717, 1.165) is 12.0 Å². The molecule has 1 N–H and O–H groups in total. The van der Waals surface area contributed by atoms with Crippen molar-refractivity contribution in [3.8, 4) is 0 Å². The Hall–Kier alpha value is -1.51.